The van der Waals surface area contributed by atoms with E-state index in [1.165, 1.54) is 4.90 Å². The molecule has 1 aromatic carbocycles. The number of hydrogen-bond donors (Lipinski definition) is 1. The Morgan fingerprint density at radius 1 is 1.29 bits per heavy atom. The van der Waals surface area contributed by atoms with Crippen molar-refractivity contribution in [1.82, 2.24) is 4.90 Å². The maximum atomic E-state index is 12.5. The highest BCUT2D eigenvalue weighted by molar-refractivity contribution is 5.98. The van der Waals surface area contributed by atoms with Crippen LogP contribution in [-0.2, 0) is 4.79 Å². The third-order valence-electron chi connectivity index (χ3n) is 3.93. The van der Waals surface area contributed by atoms with Crippen LogP contribution >= 0.6 is 0 Å². The minimum absolute atomic E-state index is 0.212. The van der Waals surface area contributed by atoms with Gasteiger partial charge in [0.2, 0.25) is 0 Å². The fourth-order valence-electron chi connectivity index (χ4n) is 2.84. The van der Waals surface area contributed by atoms with Crippen LogP contribution in [0.15, 0.2) is 28.7 Å². The van der Waals surface area contributed by atoms with E-state index >= 15 is 0 Å². The largest absolute Gasteiger partial charge is 0.480 e. The van der Waals surface area contributed by atoms with Crippen LogP contribution in [0.2, 0.25) is 0 Å². The summed E-state index contributed by atoms with van der Waals surface area (Å²) in [5.41, 5.74) is 1.73. The predicted octanol–water partition coefficient (Wildman–Crippen LogP) is 2.82. The number of carbonyl (C=O) groups is 2. The summed E-state index contributed by atoms with van der Waals surface area (Å²) in [6, 6.07) is 6.63. The van der Waals surface area contributed by atoms with E-state index in [2.05, 4.69) is 0 Å². The number of piperidine rings is 1. The Kier molecular flexibility index (Phi) is 3.41. The van der Waals surface area contributed by atoms with Crippen molar-refractivity contribution in [2.75, 3.05) is 6.54 Å². The van der Waals surface area contributed by atoms with Gasteiger partial charge in [0.25, 0.3) is 5.91 Å². The molecule has 0 aliphatic carbocycles. The van der Waals surface area contributed by atoms with Gasteiger partial charge in [-0.15, -0.1) is 0 Å². The number of aryl methyl sites for hydroxylation is 1. The molecule has 1 aliphatic rings. The molecule has 2 heterocycles. The van der Waals surface area contributed by atoms with Gasteiger partial charge in [-0.05, 0) is 44.4 Å². The van der Waals surface area contributed by atoms with Crippen molar-refractivity contribution in [3.63, 3.8) is 0 Å². The molecule has 1 atom stereocenters. The normalized spacial score (nSPS) is 18.9. The van der Waals surface area contributed by atoms with E-state index in [-0.39, 0.29) is 11.7 Å². The SMILES string of the molecule is Cc1ccc2oc(C(=O)N3CCCC[C@@H]3C(=O)O)cc2c1. The average molecular weight is 287 g/mol. The first kappa shape index (κ1) is 13.7. The lowest BCUT2D eigenvalue weighted by Gasteiger charge is -2.32. The number of furan rings is 1. The summed E-state index contributed by atoms with van der Waals surface area (Å²) >= 11 is 0. The summed E-state index contributed by atoms with van der Waals surface area (Å²) in [7, 11) is 0. The molecular formula is C16H17NO4. The molecular weight excluding hydrogens is 270 g/mol. The van der Waals surface area contributed by atoms with Crippen molar-refractivity contribution in [2.45, 2.75) is 32.2 Å². The van der Waals surface area contributed by atoms with Gasteiger partial charge in [0.15, 0.2) is 5.76 Å². The highest BCUT2D eigenvalue weighted by Crippen LogP contribution is 2.25. The quantitative estimate of drug-likeness (QED) is 0.922. The summed E-state index contributed by atoms with van der Waals surface area (Å²) < 4.78 is 5.58. The summed E-state index contributed by atoms with van der Waals surface area (Å²) in [6.45, 7) is 2.44. The van der Waals surface area contributed by atoms with Crippen LogP contribution in [0.5, 0.6) is 0 Å². The Morgan fingerprint density at radius 3 is 2.86 bits per heavy atom. The minimum atomic E-state index is -0.949. The number of carboxylic acid groups (broad SMARTS) is 1. The Bertz CT molecular complexity index is 703. The number of aliphatic carboxylic acids is 1. The molecule has 0 radical (unpaired) electrons. The van der Waals surface area contributed by atoms with Gasteiger partial charge in [0.1, 0.15) is 11.6 Å². The fraction of sp³-hybridized carbons (Fsp3) is 0.375. The van der Waals surface area contributed by atoms with E-state index in [1.807, 2.05) is 25.1 Å². The van der Waals surface area contributed by atoms with E-state index in [9.17, 15) is 14.7 Å². The number of carbonyl (C=O) groups excluding carboxylic acids is 1. The third-order valence-corrected chi connectivity index (χ3v) is 3.93. The molecule has 1 aromatic heterocycles. The zero-order valence-corrected chi connectivity index (χ0v) is 11.8. The second-order valence-electron chi connectivity index (χ2n) is 5.50. The molecule has 1 N–H and O–H groups in total. The second kappa shape index (κ2) is 5.24. The Morgan fingerprint density at radius 2 is 2.10 bits per heavy atom. The van der Waals surface area contributed by atoms with E-state index in [0.29, 0.717) is 18.5 Å². The molecule has 5 nitrogen and oxygen atoms in total. The van der Waals surface area contributed by atoms with Crippen molar-refractivity contribution >= 4 is 22.8 Å². The number of amides is 1. The number of carboxylic acids is 1. The number of likely N-dealkylation sites (tertiary alicyclic amines) is 1. The number of benzene rings is 1. The van der Waals surface area contributed by atoms with Gasteiger partial charge < -0.3 is 14.4 Å². The van der Waals surface area contributed by atoms with Crippen LogP contribution in [-0.4, -0.2) is 34.5 Å². The standard InChI is InChI=1S/C16H17NO4/c1-10-5-6-13-11(8-10)9-14(21-13)15(18)17-7-3-2-4-12(17)16(19)20/h5-6,8-9,12H,2-4,7H2,1H3,(H,19,20)/t12-/m1/s1. The van der Waals surface area contributed by atoms with E-state index in [4.69, 9.17) is 4.42 Å². The smallest absolute Gasteiger partial charge is 0.326 e. The molecule has 5 heteroatoms. The van der Waals surface area contributed by atoms with Gasteiger partial charge in [-0.25, -0.2) is 4.79 Å². The van der Waals surface area contributed by atoms with Gasteiger partial charge in [-0.1, -0.05) is 11.6 Å². The minimum Gasteiger partial charge on any atom is -0.480 e. The molecule has 0 spiro atoms. The van der Waals surface area contributed by atoms with Crippen LogP contribution in [0.4, 0.5) is 0 Å². The average Bonchev–Trinajstić information content (AvgIpc) is 2.89. The molecule has 0 bridgehead atoms. The Labute approximate surface area is 122 Å². The second-order valence-corrected chi connectivity index (χ2v) is 5.50. The van der Waals surface area contributed by atoms with Gasteiger partial charge in [-0.2, -0.15) is 0 Å². The van der Waals surface area contributed by atoms with Crippen LogP contribution in [0.25, 0.3) is 11.0 Å². The van der Waals surface area contributed by atoms with E-state index in [0.717, 1.165) is 23.8 Å². The van der Waals surface area contributed by atoms with Gasteiger partial charge >= 0.3 is 5.97 Å². The lowest BCUT2D eigenvalue weighted by atomic mass is 10.0. The zero-order chi connectivity index (χ0) is 15.0. The zero-order valence-electron chi connectivity index (χ0n) is 11.8. The van der Waals surface area contributed by atoms with Crippen LogP contribution < -0.4 is 0 Å². The molecule has 1 fully saturated rings. The van der Waals surface area contributed by atoms with Gasteiger partial charge in [-0.3, -0.25) is 4.79 Å². The summed E-state index contributed by atoms with van der Waals surface area (Å²) in [4.78, 5) is 25.2. The first-order valence-corrected chi connectivity index (χ1v) is 7.10. The van der Waals surface area contributed by atoms with Gasteiger partial charge in [0, 0.05) is 11.9 Å². The van der Waals surface area contributed by atoms with Crippen molar-refractivity contribution in [3.05, 3.63) is 35.6 Å². The summed E-state index contributed by atoms with van der Waals surface area (Å²) in [5, 5.41) is 10.1. The molecule has 0 unspecified atom stereocenters. The maximum Gasteiger partial charge on any atom is 0.326 e. The molecule has 3 rings (SSSR count). The molecule has 1 saturated heterocycles. The Hall–Kier alpha value is -2.30. The van der Waals surface area contributed by atoms with Crippen molar-refractivity contribution in [3.8, 4) is 0 Å². The molecule has 21 heavy (non-hydrogen) atoms. The highest BCUT2D eigenvalue weighted by Gasteiger charge is 2.33. The Balaban J connectivity index is 1.93. The van der Waals surface area contributed by atoms with Crippen LogP contribution in [0.3, 0.4) is 0 Å². The number of nitrogens with zero attached hydrogens (tertiary/aromatic N) is 1. The maximum absolute atomic E-state index is 12.5. The molecule has 1 aliphatic heterocycles. The molecule has 2 aromatic rings. The van der Waals surface area contributed by atoms with Crippen LogP contribution in [0, 0.1) is 6.92 Å². The first-order valence-electron chi connectivity index (χ1n) is 7.10. The summed E-state index contributed by atoms with van der Waals surface area (Å²) in [5.74, 6) is -1.07. The fourth-order valence-corrected chi connectivity index (χ4v) is 2.84. The molecule has 0 saturated carbocycles. The molecule has 1 amide bonds. The number of rotatable bonds is 2. The predicted molar refractivity (Wildman–Crippen MR) is 77.3 cm³/mol. The third kappa shape index (κ3) is 2.51. The van der Waals surface area contributed by atoms with Crippen molar-refractivity contribution in [2.24, 2.45) is 0 Å². The van der Waals surface area contributed by atoms with Gasteiger partial charge in [0.05, 0.1) is 0 Å². The topological polar surface area (TPSA) is 70.8 Å². The van der Waals surface area contributed by atoms with Crippen LogP contribution in [0.1, 0.15) is 35.4 Å². The van der Waals surface area contributed by atoms with Crippen molar-refractivity contribution < 1.29 is 19.1 Å². The van der Waals surface area contributed by atoms with E-state index < -0.39 is 12.0 Å². The molecule has 110 valence electrons. The lowest BCUT2D eigenvalue weighted by molar-refractivity contribution is -0.143. The monoisotopic (exact) mass is 287 g/mol. The highest BCUT2D eigenvalue weighted by atomic mass is 16.4. The lowest BCUT2D eigenvalue weighted by Crippen LogP contribution is -2.47. The van der Waals surface area contributed by atoms with E-state index in [1.54, 1.807) is 6.07 Å². The summed E-state index contributed by atoms with van der Waals surface area (Å²) in [6.07, 6.45) is 2.16. The first-order chi connectivity index (χ1) is 10.1. The van der Waals surface area contributed by atoms with Crippen molar-refractivity contribution in [1.29, 1.82) is 0 Å². The number of hydrogen-bond acceptors (Lipinski definition) is 3. The number of fused-ring (bicyclic) bond motifs is 1.